The number of anilines is 2. The van der Waals surface area contributed by atoms with E-state index >= 15 is 0 Å². The van der Waals surface area contributed by atoms with E-state index in [4.69, 9.17) is 16.3 Å². The van der Waals surface area contributed by atoms with Crippen LogP contribution in [0.3, 0.4) is 0 Å². The molecule has 5 aromatic rings. The van der Waals surface area contributed by atoms with Gasteiger partial charge in [-0.1, -0.05) is 23.7 Å². The third kappa shape index (κ3) is 8.17. The first-order chi connectivity index (χ1) is 19.7. The molecule has 0 atom stereocenters. The third-order valence-electron chi connectivity index (χ3n) is 5.92. The number of benzene rings is 2. The highest BCUT2D eigenvalue weighted by atomic mass is 35.5. The van der Waals surface area contributed by atoms with Gasteiger partial charge in [-0.25, -0.2) is 27.8 Å². The van der Waals surface area contributed by atoms with Crippen LogP contribution in [0.2, 0.25) is 5.02 Å². The van der Waals surface area contributed by atoms with Crippen LogP contribution in [0.1, 0.15) is 10.6 Å². The molecule has 0 saturated heterocycles. The van der Waals surface area contributed by atoms with Crippen molar-refractivity contribution in [2.75, 3.05) is 30.4 Å². The van der Waals surface area contributed by atoms with Gasteiger partial charge < -0.3 is 15.4 Å². The highest BCUT2D eigenvalue weighted by molar-refractivity contribution is 7.90. The van der Waals surface area contributed by atoms with E-state index in [0.717, 1.165) is 21.8 Å². The zero-order valence-electron chi connectivity index (χ0n) is 22.0. The highest BCUT2D eigenvalue weighted by Crippen LogP contribution is 2.30. The van der Waals surface area contributed by atoms with Crippen molar-refractivity contribution in [3.05, 3.63) is 87.7 Å². The molecule has 3 aromatic heterocycles. The average molecular weight is 613 g/mol. The number of aromatic nitrogens is 4. The Morgan fingerprint density at radius 1 is 1.02 bits per heavy atom. The average Bonchev–Trinajstić information content (AvgIpc) is 3.40. The SMILES string of the molecule is CS(=O)(=O)CCNCCc1nc(-c2cc3cnc(Nc4ccc(OCc5cccc(F)c5)c(Cl)c4)nc3cn2)cs1. The predicted octanol–water partition coefficient (Wildman–Crippen LogP) is 5.44. The largest absolute Gasteiger partial charge is 0.487 e. The van der Waals surface area contributed by atoms with Gasteiger partial charge in [-0.05, 0) is 42.0 Å². The minimum atomic E-state index is -2.97. The fourth-order valence-electron chi connectivity index (χ4n) is 3.87. The number of nitrogens with zero attached hydrogens (tertiary/aromatic N) is 4. The van der Waals surface area contributed by atoms with Crippen LogP contribution in [-0.2, 0) is 22.9 Å². The molecule has 9 nitrogen and oxygen atoms in total. The van der Waals surface area contributed by atoms with Gasteiger partial charge in [0.15, 0.2) is 0 Å². The van der Waals surface area contributed by atoms with Crippen molar-refractivity contribution in [2.24, 2.45) is 0 Å². The summed E-state index contributed by atoms with van der Waals surface area (Å²) >= 11 is 7.94. The summed E-state index contributed by atoms with van der Waals surface area (Å²) in [5, 5.41) is 10.4. The van der Waals surface area contributed by atoms with Crippen molar-refractivity contribution in [1.82, 2.24) is 25.3 Å². The molecule has 13 heteroatoms. The lowest BCUT2D eigenvalue weighted by atomic mass is 10.2. The van der Waals surface area contributed by atoms with Crippen molar-refractivity contribution >= 4 is 55.3 Å². The molecular formula is C28H26ClFN6O3S2. The van der Waals surface area contributed by atoms with Gasteiger partial charge in [0.25, 0.3) is 0 Å². The van der Waals surface area contributed by atoms with Crippen LogP contribution in [0.4, 0.5) is 16.0 Å². The first-order valence-corrected chi connectivity index (χ1v) is 15.9. The van der Waals surface area contributed by atoms with Crippen molar-refractivity contribution in [2.45, 2.75) is 13.0 Å². The summed E-state index contributed by atoms with van der Waals surface area (Å²) in [4.78, 5) is 18.2. The summed E-state index contributed by atoms with van der Waals surface area (Å²) in [6.07, 6.45) is 5.32. The van der Waals surface area contributed by atoms with Crippen molar-refractivity contribution in [3.8, 4) is 17.1 Å². The fourth-order valence-corrected chi connectivity index (χ4v) is 5.41. The van der Waals surface area contributed by atoms with Gasteiger partial charge in [0.05, 0.1) is 38.9 Å². The Morgan fingerprint density at radius 2 is 1.90 bits per heavy atom. The molecule has 2 N–H and O–H groups in total. The Hall–Kier alpha value is -3.71. The first kappa shape index (κ1) is 28.8. The number of hydrogen-bond acceptors (Lipinski definition) is 10. The van der Waals surface area contributed by atoms with Crippen LogP contribution in [-0.4, -0.2) is 53.5 Å². The minimum Gasteiger partial charge on any atom is -0.487 e. The van der Waals surface area contributed by atoms with E-state index in [1.54, 1.807) is 42.7 Å². The van der Waals surface area contributed by atoms with Gasteiger partial charge in [0.1, 0.15) is 28.0 Å². The maximum absolute atomic E-state index is 13.4. The van der Waals surface area contributed by atoms with Gasteiger partial charge in [-0.15, -0.1) is 11.3 Å². The lowest BCUT2D eigenvalue weighted by molar-refractivity contribution is 0.306. The van der Waals surface area contributed by atoms with E-state index in [1.165, 1.54) is 29.7 Å². The number of thiazole rings is 1. The number of fused-ring (bicyclic) bond motifs is 1. The fraction of sp³-hybridized carbons (Fsp3) is 0.214. The molecule has 0 bridgehead atoms. The molecule has 0 radical (unpaired) electrons. The molecule has 0 aliphatic carbocycles. The summed E-state index contributed by atoms with van der Waals surface area (Å²) in [5.41, 5.74) is 3.53. The Bertz CT molecular complexity index is 1780. The van der Waals surface area contributed by atoms with Gasteiger partial charge in [-0.2, -0.15) is 0 Å². The van der Waals surface area contributed by atoms with E-state index in [2.05, 4.69) is 30.6 Å². The topological polar surface area (TPSA) is 119 Å². The van der Waals surface area contributed by atoms with Crippen LogP contribution in [0.5, 0.6) is 5.75 Å². The van der Waals surface area contributed by atoms with E-state index in [0.29, 0.717) is 53.0 Å². The van der Waals surface area contributed by atoms with E-state index in [1.807, 2.05) is 11.4 Å². The molecular weight excluding hydrogens is 587 g/mol. The van der Waals surface area contributed by atoms with Gasteiger partial charge in [0, 0.05) is 48.4 Å². The molecule has 41 heavy (non-hydrogen) atoms. The second kappa shape index (κ2) is 12.9. The zero-order chi connectivity index (χ0) is 28.8. The number of hydrogen-bond donors (Lipinski definition) is 2. The van der Waals surface area contributed by atoms with E-state index < -0.39 is 9.84 Å². The Labute approximate surface area is 245 Å². The van der Waals surface area contributed by atoms with Crippen LogP contribution < -0.4 is 15.4 Å². The summed E-state index contributed by atoms with van der Waals surface area (Å²) in [5.74, 6) is 0.660. The van der Waals surface area contributed by atoms with Crippen molar-refractivity contribution in [1.29, 1.82) is 0 Å². The maximum Gasteiger partial charge on any atom is 0.227 e. The molecule has 0 spiro atoms. The number of rotatable bonds is 12. The maximum atomic E-state index is 13.4. The zero-order valence-corrected chi connectivity index (χ0v) is 24.4. The molecule has 0 fully saturated rings. The molecule has 0 amide bonds. The number of halogens is 2. The van der Waals surface area contributed by atoms with Crippen molar-refractivity contribution < 1.29 is 17.5 Å². The van der Waals surface area contributed by atoms with Gasteiger partial charge >= 0.3 is 0 Å². The molecule has 0 unspecified atom stereocenters. The molecule has 0 aliphatic heterocycles. The number of sulfone groups is 1. The quantitative estimate of drug-likeness (QED) is 0.178. The van der Waals surface area contributed by atoms with Gasteiger partial charge in [0.2, 0.25) is 5.95 Å². The normalized spacial score (nSPS) is 11.6. The molecule has 2 aromatic carbocycles. The molecule has 3 heterocycles. The Morgan fingerprint density at radius 3 is 2.71 bits per heavy atom. The van der Waals surface area contributed by atoms with Crippen LogP contribution >= 0.6 is 22.9 Å². The second-order valence-corrected chi connectivity index (χ2v) is 12.9. The standard InChI is InChI=1S/C28H26ClFN6O3S2/c1-41(37,38)10-9-31-8-7-27-35-25(17-40-27)23-12-19-14-33-28(36-24(19)15-32-23)34-21-5-6-26(22(29)13-21)39-16-18-3-2-4-20(30)11-18/h2-6,11-15,17,31H,7-10,16H2,1H3,(H,33,34,36). The predicted molar refractivity (Wildman–Crippen MR) is 160 cm³/mol. The Kier molecular flexibility index (Phi) is 9.03. The smallest absolute Gasteiger partial charge is 0.227 e. The number of nitrogens with one attached hydrogen (secondary N) is 2. The summed E-state index contributed by atoms with van der Waals surface area (Å²) in [6, 6.07) is 13.3. The lowest BCUT2D eigenvalue weighted by Gasteiger charge is -2.11. The van der Waals surface area contributed by atoms with E-state index in [-0.39, 0.29) is 18.2 Å². The Balaban J connectivity index is 1.19. The summed E-state index contributed by atoms with van der Waals surface area (Å²) in [7, 11) is -2.97. The minimum absolute atomic E-state index is 0.116. The van der Waals surface area contributed by atoms with Crippen LogP contribution in [0.15, 0.2) is 66.3 Å². The van der Waals surface area contributed by atoms with Gasteiger partial charge in [-0.3, -0.25) is 4.98 Å². The molecule has 5 rings (SSSR count). The number of pyridine rings is 1. The lowest BCUT2D eigenvalue weighted by Crippen LogP contribution is -2.24. The third-order valence-corrected chi connectivity index (χ3v) is 8.07. The molecule has 0 aliphatic rings. The van der Waals surface area contributed by atoms with Crippen LogP contribution in [0, 0.1) is 5.82 Å². The van der Waals surface area contributed by atoms with E-state index in [9.17, 15) is 12.8 Å². The molecule has 212 valence electrons. The highest BCUT2D eigenvalue weighted by Gasteiger charge is 2.10. The second-order valence-electron chi connectivity index (χ2n) is 9.27. The number of ether oxygens (including phenoxy) is 1. The first-order valence-electron chi connectivity index (χ1n) is 12.6. The monoisotopic (exact) mass is 612 g/mol. The summed E-state index contributed by atoms with van der Waals surface area (Å²) < 4.78 is 41.6. The van der Waals surface area contributed by atoms with Crippen LogP contribution in [0.25, 0.3) is 22.3 Å². The molecule has 0 saturated carbocycles. The van der Waals surface area contributed by atoms with Crippen molar-refractivity contribution in [3.63, 3.8) is 0 Å². The summed E-state index contributed by atoms with van der Waals surface area (Å²) in [6.45, 7) is 1.26.